The molecule has 0 aromatic carbocycles. The average Bonchev–Trinajstić information content (AvgIpc) is 1.84. The van der Waals surface area contributed by atoms with E-state index in [4.69, 9.17) is 11.6 Å². The third kappa shape index (κ3) is 7.88. The van der Waals surface area contributed by atoms with Crippen molar-refractivity contribution in [3.05, 3.63) is 11.6 Å². The predicted molar refractivity (Wildman–Crippen MR) is 43.1 cm³/mol. The van der Waals surface area contributed by atoms with Gasteiger partial charge < -0.3 is 5.32 Å². The van der Waals surface area contributed by atoms with Crippen LogP contribution in [0.4, 0.5) is 13.2 Å². The maximum atomic E-state index is 11.7. The van der Waals surface area contributed by atoms with Crippen LogP contribution in [-0.2, 0) is 0 Å². The molecule has 0 rings (SSSR count). The molecule has 0 amide bonds. The third-order valence-electron chi connectivity index (χ3n) is 1.21. The molecule has 0 saturated carbocycles. The quantitative estimate of drug-likeness (QED) is 0.738. The molecule has 1 nitrogen and oxygen atoms in total. The van der Waals surface area contributed by atoms with Crippen molar-refractivity contribution < 1.29 is 13.2 Å². The van der Waals surface area contributed by atoms with Gasteiger partial charge in [0.05, 0.1) is 6.42 Å². The lowest BCUT2D eigenvalue weighted by molar-refractivity contribution is -0.138. The van der Waals surface area contributed by atoms with Crippen LogP contribution in [0, 0.1) is 0 Å². The van der Waals surface area contributed by atoms with Crippen molar-refractivity contribution in [1.29, 1.82) is 0 Å². The molecule has 0 heterocycles. The van der Waals surface area contributed by atoms with Crippen LogP contribution in [0.5, 0.6) is 0 Å². The van der Waals surface area contributed by atoms with Crippen molar-refractivity contribution in [2.24, 2.45) is 0 Å². The Morgan fingerprint density at radius 3 is 2.50 bits per heavy atom. The minimum absolute atomic E-state index is 0.362. The van der Waals surface area contributed by atoms with Gasteiger partial charge >= 0.3 is 6.18 Å². The average molecular weight is 202 g/mol. The highest BCUT2D eigenvalue weighted by Gasteiger charge is 2.29. The number of halogens is 4. The fourth-order valence-electron chi connectivity index (χ4n) is 0.733. The van der Waals surface area contributed by atoms with E-state index in [2.05, 4.69) is 5.32 Å². The first kappa shape index (κ1) is 11.8. The molecule has 0 fully saturated rings. The maximum Gasteiger partial charge on any atom is 0.390 e. The van der Waals surface area contributed by atoms with Crippen molar-refractivity contribution >= 4 is 11.6 Å². The Morgan fingerprint density at radius 2 is 2.08 bits per heavy atom. The van der Waals surface area contributed by atoms with Crippen LogP contribution in [0.25, 0.3) is 0 Å². The predicted octanol–water partition coefficient (Wildman–Crippen LogP) is 2.67. The van der Waals surface area contributed by atoms with Crippen molar-refractivity contribution in [3.8, 4) is 0 Å². The largest absolute Gasteiger partial charge is 0.390 e. The smallest absolute Gasteiger partial charge is 0.310 e. The molecular formula is C7H11ClF3N. The summed E-state index contributed by atoms with van der Waals surface area (Å²) in [5.74, 6) is 0. The second-order valence-corrected chi connectivity index (χ2v) is 2.74. The van der Waals surface area contributed by atoms with Crippen LogP contribution in [-0.4, -0.2) is 18.8 Å². The minimum atomic E-state index is -4.10. The molecule has 0 saturated heterocycles. The van der Waals surface area contributed by atoms with E-state index in [1.54, 1.807) is 6.08 Å². The molecule has 0 aliphatic carbocycles. The Bertz CT molecular complexity index is 144. The summed E-state index contributed by atoms with van der Waals surface area (Å²) in [5, 5.41) is 2.65. The van der Waals surface area contributed by atoms with Gasteiger partial charge in [-0.3, -0.25) is 0 Å². The van der Waals surface area contributed by atoms with Crippen LogP contribution in [0.1, 0.15) is 13.3 Å². The van der Waals surface area contributed by atoms with E-state index < -0.39 is 18.6 Å². The summed E-state index contributed by atoms with van der Waals surface area (Å²) >= 11 is 5.18. The molecular weight excluding hydrogens is 191 g/mol. The van der Waals surface area contributed by atoms with Crippen molar-refractivity contribution in [1.82, 2.24) is 5.32 Å². The molecule has 0 spiro atoms. The first-order valence-corrected chi connectivity index (χ1v) is 3.94. The second-order valence-electron chi connectivity index (χ2n) is 2.49. The van der Waals surface area contributed by atoms with Gasteiger partial charge in [0.2, 0.25) is 0 Å². The van der Waals surface area contributed by atoms with Gasteiger partial charge in [0, 0.05) is 18.1 Å². The van der Waals surface area contributed by atoms with E-state index in [0.717, 1.165) is 0 Å². The number of hydrogen-bond acceptors (Lipinski definition) is 1. The summed E-state index contributed by atoms with van der Waals surface area (Å²) in [5.41, 5.74) is 1.27. The molecule has 1 atom stereocenters. The standard InChI is InChI=1S/C7H11ClF3N/c1-6(5-7(9,10)11)12-4-2-3-8/h2-3,6,12H,4-5H2,1H3/b3-2+. The van der Waals surface area contributed by atoms with Gasteiger partial charge in [0.25, 0.3) is 0 Å². The van der Waals surface area contributed by atoms with Crippen molar-refractivity contribution in [2.45, 2.75) is 25.6 Å². The lowest BCUT2D eigenvalue weighted by Gasteiger charge is -2.14. The van der Waals surface area contributed by atoms with Crippen LogP contribution in [0.3, 0.4) is 0 Å². The monoisotopic (exact) mass is 201 g/mol. The van der Waals surface area contributed by atoms with Crippen LogP contribution in [0.2, 0.25) is 0 Å². The highest BCUT2D eigenvalue weighted by molar-refractivity contribution is 6.25. The van der Waals surface area contributed by atoms with E-state index in [-0.39, 0.29) is 0 Å². The number of rotatable bonds is 4. The fraction of sp³-hybridized carbons (Fsp3) is 0.714. The zero-order valence-corrected chi connectivity index (χ0v) is 7.41. The molecule has 1 N–H and O–H groups in total. The normalized spacial score (nSPS) is 15.4. The van der Waals surface area contributed by atoms with E-state index in [1.807, 2.05) is 0 Å². The van der Waals surface area contributed by atoms with Crippen LogP contribution < -0.4 is 5.32 Å². The summed E-state index contributed by atoms with van der Waals surface area (Å²) in [7, 11) is 0. The third-order valence-corrected chi connectivity index (χ3v) is 1.39. The molecule has 1 unspecified atom stereocenters. The lowest BCUT2D eigenvalue weighted by Crippen LogP contribution is -2.31. The van der Waals surface area contributed by atoms with Crippen molar-refractivity contribution in [3.63, 3.8) is 0 Å². The van der Waals surface area contributed by atoms with Gasteiger partial charge in [0.15, 0.2) is 0 Å². The Kier molecular flexibility index (Phi) is 5.33. The molecule has 0 aliphatic heterocycles. The van der Waals surface area contributed by atoms with Crippen molar-refractivity contribution in [2.75, 3.05) is 6.54 Å². The zero-order valence-electron chi connectivity index (χ0n) is 6.66. The fourth-order valence-corrected chi connectivity index (χ4v) is 0.822. The van der Waals surface area contributed by atoms with E-state index >= 15 is 0 Å². The molecule has 72 valence electrons. The molecule has 12 heavy (non-hydrogen) atoms. The van der Waals surface area contributed by atoms with Gasteiger partial charge in [-0.25, -0.2) is 0 Å². The number of nitrogens with one attached hydrogen (secondary N) is 1. The highest BCUT2D eigenvalue weighted by atomic mass is 35.5. The Morgan fingerprint density at radius 1 is 1.50 bits per heavy atom. The first-order chi connectivity index (χ1) is 5.45. The summed E-state index contributed by atoms with van der Waals surface area (Å²) in [6, 6.07) is -0.571. The SMILES string of the molecule is CC(CC(F)(F)F)NC/C=C/Cl. The van der Waals surface area contributed by atoms with Gasteiger partial charge in [-0.05, 0) is 6.92 Å². The van der Waals surface area contributed by atoms with E-state index in [1.165, 1.54) is 12.5 Å². The Balaban J connectivity index is 3.53. The Labute approximate surface area is 74.6 Å². The summed E-state index contributed by atoms with van der Waals surface area (Å²) in [4.78, 5) is 0. The first-order valence-electron chi connectivity index (χ1n) is 3.51. The Hall–Kier alpha value is -0.220. The molecule has 0 aliphatic rings. The maximum absolute atomic E-state index is 11.7. The minimum Gasteiger partial charge on any atom is -0.310 e. The highest BCUT2D eigenvalue weighted by Crippen LogP contribution is 2.20. The molecule has 5 heteroatoms. The van der Waals surface area contributed by atoms with Gasteiger partial charge in [-0.2, -0.15) is 13.2 Å². The zero-order chi connectivity index (χ0) is 9.61. The molecule has 0 radical (unpaired) electrons. The topological polar surface area (TPSA) is 12.0 Å². The van der Waals surface area contributed by atoms with Gasteiger partial charge in [-0.15, -0.1) is 0 Å². The number of hydrogen-bond donors (Lipinski definition) is 1. The van der Waals surface area contributed by atoms with Crippen LogP contribution >= 0.6 is 11.6 Å². The second kappa shape index (κ2) is 5.43. The van der Waals surface area contributed by atoms with E-state index in [0.29, 0.717) is 6.54 Å². The molecule has 0 aromatic rings. The van der Waals surface area contributed by atoms with E-state index in [9.17, 15) is 13.2 Å². The summed E-state index contributed by atoms with van der Waals surface area (Å²) in [6.07, 6.45) is -3.37. The molecule has 0 aromatic heterocycles. The summed E-state index contributed by atoms with van der Waals surface area (Å²) < 4.78 is 35.2. The number of alkyl halides is 3. The van der Waals surface area contributed by atoms with Gasteiger partial charge in [0.1, 0.15) is 0 Å². The lowest BCUT2D eigenvalue weighted by atomic mass is 10.2. The summed E-state index contributed by atoms with van der Waals surface area (Å²) in [6.45, 7) is 1.84. The molecule has 0 bridgehead atoms. The van der Waals surface area contributed by atoms with Crippen LogP contribution in [0.15, 0.2) is 11.6 Å². The van der Waals surface area contributed by atoms with Gasteiger partial charge in [-0.1, -0.05) is 17.7 Å².